The van der Waals surface area contributed by atoms with Crippen molar-refractivity contribution in [1.82, 2.24) is 25.4 Å². The summed E-state index contributed by atoms with van der Waals surface area (Å²) in [6.07, 6.45) is 3.54. The Morgan fingerprint density at radius 1 is 1.50 bits per heavy atom. The van der Waals surface area contributed by atoms with Crippen LogP contribution < -0.4 is 10.6 Å². The second kappa shape index (κ2) is 9.69. The van der Waals surface area contributed by atoms with E-state index in [4.69, 9.17) is 0 Å². The fourth-order valence-electron chi connectivity index (χ4n) is 2.42. The van der Waals surface area contributed by atoms with E-state index in [2.05, 4.69) is 25.7 Å². The predicted octanol–water partition coefficient (Wildman–Crippen LogP) is 1.31. The molecule has 0 amide bonds. The Morgan fingerprint density at radius 3 is 2.92 bits per heavy atom. The molecule has 7 nitrogen and oxygen atoms in total. The average Bonchev–Trinajstić information content (AvgIpc) is 2.93. The molecule has 0 aliphatic carbocycles. The lowest BCUT2D eigenvalue weighted by Crippen LogP contribution is -2.47. The van der Waals surface area contributed by atoms with Gasteiger partial charge in [0.1, 0.15) is 12.2 Å². The molecule has 0 bridgehead atoms. The van der Waals surface area contributed by atoms with Crippen LogP contribution in [0.3, 0.4) is 0 Å². The van der Waals surface area contributed by atoms with E-state index >= 15 is 0 Å². The minimum absolute atomic E-state index is 0. The Kier molecular flexibility index (Phi) is 8.61. The van der Waals surface area contributed by atoms with Gasteiger partial charge in [-0.3, -0.25) is 9.20 Å². The van der Waals surface area contributed by atoms with Crippen LogP contribution in [0.15, 0.2) is 11.3 Å². The van der Waals surface area contributed by atoms with Crippen LogP contribution in [0, 0.1) is 0 Å². The maximum Gasteiger partial charge on any atom is 0.191 e. The molecule has 2 atom stereocenters. The van der Waals surface area contributed by atoms with E-state index in [1.807, 2.05) is 32.4 Å². The molecule has 2 rings (SSSR count). The number of aryl methyl sites for hydroxylation is 1. The molecule has 0 saturated heterocycles. The van der Waals surface area contributed by atoms with Crippen molar-refractivity contribution in [3.8, 4) is 0 Å². The van der Waals surface area contributed by atoms with Crippen molar-refractivity contribution in [3.05, 3.63) is 12.2 Å². The minimum atomic E-state index is -0.874. The lowest BCUT2D eigenvalue weighted by molar-refractivity contribution is 0.393. The van der Waals surface area contributed by atoms with Gasteiger partial charge in [0.15, 0.2) is 5.96 Å². The summed E-state index contributed by atoms with van der Waals surface area (Å²) >= 11 is 0. The summed E-state index contributed by atoms with van der Waals surface area (Å²) in [4.78, 5) is 8.80. The Hall–Kier alpha value is -0.710. The number of nitrogens with one attached hydrogen (secondary N) is 2. The van der Waals surface area contributed by atoms with Gasteiger partial charge in [-0.25, -0.2) is 9.67 Å². The molecule has 0 fully saturated rings. The quantitative estimate of drug-likeness (QED) is 0.387. The lowest BCUT2D eigenvalue weighted by Gasteiger charge is -2.25. The van der Waals surface area contributed by atoms with Crippen LogP contribution in [0.2, 0.25) is 0 Å². The maximum atomic E-state index is 12.1. The van der Waals surface area contributed by atoms with Gasteiger partial charge in [0.2, 0.25) is 0 Å². The Labute approximate surface area is 164 Å². The van der Waals surface area contributed by atoms with E-state index in [1.54, 1.807) is 6.33 Å². The smallest absolute Gasteiger partial charge is 0.191 e. The van der Waals surface area contributed by atoms with Crippen LogP contribution in [0.4, 0.5) is 0 Å². The molecule has 0 aromatic carbocycles. The zero-order valence-corrected chi connectivity index (χ0v) is 18.1. The molecule has 24 heavy (non-hydrogen) atoms. The molecular formula is C15H29IN6OS. The highest BCUT2D eigenvalue weighted by Gasteiger charge is 2.21. The Bertz CT molecular complexity index is 569. The van der Waals surface area contributed by atoms with Gasteiger partial charge in [-0.2, -0.15) is 5.10 Å². The molecule has 1 aromatic heterocycles. The van der Waals surface area contributed by atoms with Gasteiger partial charge in [0.05, 0.1) is 13.1 Å². The number of aliphatic imine (C=N–C) groups is 1. The number of nitrogens with zero attached hydrogens (tertiary/aromatic N) is 4. The predicted molar refractivity (Wildman–Crippen MR) is 109 cm³/mol. The summed E-state index contributed by atoms with van der Waals surface area (Å²) in [5.74, 6) is 2.41. The molecule has 138 valence electrons. The number of rotatable bonds is 5. The van der Waals surface area contributed by atoms with Crippen LogP contribution in [0.25, 0.3) is 0 Å². The van der Waals surface area contributed by atoms with Crippen molar-refractivity contribution in [2.24, 2.45) is 4.99 Å². The number of aromatic nitrogens is 3. The summed E-state index contributed by atoms with van der Waals surface area (Å²) in [5.41, 5.74) is 0. The van der Waals surface area contributed by atoms with E-state index in [1.165, 1.54) is 0 Å². The summed E-state index contributed by atoms with van der Waals surface area (Å²) in [7, 11) is -0.874. The molecule has 2 N–H and O–H groups in total. The molecule has 0 saturated carbocycles. The van der Waals surface area contributed by atoms with Crippen molar-refractivity contribution in [2.75, 3.05) is 18.8 Å². The third-order valence-corrected chi connectivity index (χ3v) is 5.64. The number of hydrogen-bond donors (Lipinski definition) is 2. The standard InChI is InChI=1S/C15H28N6OS.HI/c1-5-16-14(17-8-9-23(22)15(2,3)4)20-12-6-7-13-18-11-19-21(13)10-12;/h11-12H,5-10H2,1-4H3,(H2,16,17,20);1H. The number of halogens is 1. The monoisotopic (exact) mass is 468 g/mol. The molecule has 9 heteroatoms. The first-order chi connectivity index (χ1) is 10.9. The summed E-state index contributed by atoms with van der Waals surface area (Å²) < 4.78 is 13.8. The number of hydrogen-bond acceptors (Lipinski definition) is 4. The zero-order chi connectivity index (χ0) is 16.9. The first-order valence-corrected chi connectivity index (χ1v) is 9.52. The van der Waals surface area contributed by atoms with Crippen molar-refractivity contribution >= 4 is 40.7 Å². The van der Waals surface area contributed by atoms with Crippen LogP contribution >= 0.6 is 24.0 Å². The van der Waals surface area contributed by atoms with E-state index in [0.29, 0.717) is 12.3 Å². The first-order valence-electron chi connectivity index (χ1n) is 8.20. The van der Waals surface area contributed by atoms with Crippen LogP contribution in [-0.4, -0.2) is 54.6 Å². The van der Waals surface area contributed by atoms with Gasteiger partial charge < -0.3 is 10.6 Å². The van der Waals surface area contributed by atoms with Crippen LogP contribution in [0.5, 0.6) is 0 Å². The summed E-state index contributed by atoms with van der Waals surface area (Å²) in [5, 5.41) is 10.9. The van der Waals surface area contributed by atoms with E-state index in [0.717, 1.165) is 37.7 Å². The third-order valence-electron chi connectivity index (χ3n) is 3.72. The van der Waals surface area contributed by atoms with Gasteiger partial charge in [-0.1, -0.05) is 0 Å². The molecular weight excluding hydrogens is 439 g/mol. The van der Waals surface area contributed by atoms with Crippen LogP contribution in [0.1, 0.15) is 39.9 Å². The molecule has 0 spiro atoms. The Morgan fingerprint density at radius 2 is 2.25 bits per heavy atom. The zero-order valence-electron chi connectivity index (χ0n) is 14.9. The van der Waals surface area contributed by atoms with Gasteiger partial charge in [0.25, 0.3) is 0 Å². The van der Waals surface area contributed by atoms with E-state index in [9.17, 15) is 4.21 Å². The molecule has 1 aliphatic rings. The summed E-state index contributed by atoms with van der Waals surface area (Å²) in [6, 6.07) is 0.287. The Balaban J connectivity index is 0.00000288. The second-order valence-electron chi connectivity index (χ2n) is 6.66. The number of fused-ring (bicyclic) bond motifs is 1. The SMILES string of the molecule is CCNC(=NCCS(=O)C(C)(C)C)NC1CCc2ncnn2C1.I. The van der Waals surface area contributed by atoms with Crippen molar-refractivity contribution in [2.45, 2.75) is 57.9 Å². The number of guanidine groups is 1. The van der Waals surface area contributed by atoms with Crippen molar-refractivity contribution in [1.29, 1.82) is 0 Å². The second-order valence-corrected chi connectivity index (χ2v) is 8.99. The maximum absolute atomic E-state index is 12.1. The molecule has 2 unspecified atom stereocenters. The lowest BCUT2D eigenvalue weighted by atomic mass is 10.1. The van der Waals surface area contributed by atoms with E-state index in [-0.39, 0.29) is 34.8 Å². The fraction of sp³-hybridized carbons (Fsp3) is 0.800. The van der Waals surface area contributed by atoms with Crippen molar-refractivity contribution in [3.63, 3.8) is 0 Å². The van der Waals surface area contributed by atoms with Gasteiger partial charge in [0, 0.05) is 40.3 Å². The third kappa shape index (κ3) is 6.30. The minimum Gasteiger partial charge on any atom is -0.357 e. The first kappa shape index (κ1) is 21.3. The fourth-order valence-corrected chi connectivity index (χ4v) is 3.28. The largest absolute Gasteiger partial charge is 0.357 e. The molecule has 0 radical (unpaired) electrons. The van der Waals surface area contributed by atoms with Crippen LogP contribution in [-0.2, 0) is 23.8 Å². The topological polar surface area (TPSA) is 84.2 Å². The van der Waals surface area contributed by atoms with E-state index < -0.39 is 10.8 Å². The van der Waals surface area contributed by atoms with Gasteiger partial charge in [-0.05, 0) is 34.1 Å². The highest BCUT2D eigenvalue weighted by molar-refractivity contribution is 14.0. The molecule has 2 heterocycles. The van der Waals surface area contributed by atoms with Gasteiger partial charge >= 0.3 is 0 Å². The highest BCUT2D eigenvalue weighted by Crippen LogP contribution is 2.12. The molecule has 1 aliphatic heterocycles. The van der Waals surface area contributed by atoms with Gasteiger partial charge in [-0.15, -0.1) is 24.0 Å². The van der Waals surface area contributed by atoms with Crippen molar-refractivity contribution < 1.29 is 4.21 Å². The average molecular weight is 468 g/mol. The molecule has 1 aromatic rings. The highest BCUT2D eigenvalue weighted by atomic mass is 127. The normalized spacial score (nSPS) is 19.2. The summed E-state index contributed by atoms with van der Waals surface area (Å²) in [6.45, 7) is 10.2.